The molecule has 4 nitrogen and oxygen atoms in total. The van der Waals surface area contributed by atoms with Crippen molar-refractivity contribution in [2.75, 3.05) is 26.7 Å². The Balaban J connectivity index is 1.97. The van der Waals surface area contributed by atoms with Gasteiger partial charge < -0.3 is 9.64 Å². The fraction of sp³-hybridized carbons (Fsp3) is 0.375. The number of benzene rings is 1. The highest BCUT2D eigenvalue weighted by molar-refractivity contribution is 6.15. The van der Waals surface area contributed by atoms with E-state index in [4.69, 9.17) is 4.74 Å². The molecule has 0 bridgehead atoms. The Morgan fingerprint density at radius 3 is 2.95 bits per heavy atom. The Morgan fingerprint density at radius 1 is 1.43 bits per heavy atom. The molecule has 0 saturated carbocycles. The summed E-state index contributed by atoms with van der Waals surface area (Å²) in [5.41, 5.74) is 3.31. The van der Waals surface area contributed by atoms with E-state index in [1.807, 2.05) is 0 Å². The maximum Gasteiger partial charge on any atom is 0.219 e. The SMILES string of the molecule is COc1ccc(F)c(C2=NCC3=C2CN(C(C)=O)CC3)c1. The molecule has 0 atom stereocenters. The highest BCUT2D eigenvalue weighted by atomic mass is 19.1. The molecule has 110 valence electrons. The zero-order valence-corrected chi connectivity index (χ0v) is 12.1. The van der Waals surface area contributed by atoms with Gasteiger partial charge in [-0.25, -0.2) is 4.39 Å². The van der Waals surface area contributed by atoms with E-state index < -0.39 is 0 Å². The summed E-state index contributed by atoms with van der Waals surface area (Å²) in [7, 11) is 1.55. The molecule has 5 heteroatoms. The largest absolute Gasteiger partial charge is 0.497 e. The van der Waals surface area contributed by atoms with Crippen molar-refractivity contribution in [2.45, 2.75) is 13.3 Å². The van der Waals surface area contributed by atoms with Crippen molar-refractivity contribution in [2.24, 2.45) is 4.99 Å². The monoisotopic (exact) mass is 288 g/mol. The van der Waals surface area contributed by atoms with Crippen LogP contribution in [0.3, 0.4) is 0 Å². The number of hydrogen-bond donors (Lipinski definition) is 0. The Kier molecular flexibility index (Phi) is 3.49. The van der Waals surface area contributed by atoms with Crippen LogP contribution >= 0.6 is 0 Å². The third-order valence-corrected chi connectivity index (χ3v) is 4.05. The lowest BCUT2D eigenvalue weighted by atomic mass is 9.94. The number of carbonyl (C=O) groups excluding carboxylic acids is 1. The Hall–Kier alpha value is -2.17. The molecular weight excluding hydrogens is 271 g/mol. The number of hydrogen-bond acceptors (Lipinski definition) is 3. The first-order valence-electron chi connectivity index (χ1n) is 6.95. The van der Waals surface area contributed by atoms with E-state index in [2.05, 4.69) is 4.99 Å². The number of rotatable bonds is 2. The van der Waals surface area contributed by atoms with Crippen molar-refractivity contribution >= 4 is 11.6 Å². The van der Waals surface area contributed by atoms with E-state index >= 15 is 0 Å². The normalized spacial score (nSPS) is 17.7. The number of nitrogens with zero attached hydrogens (tertiary/aromatic N) is 2. The number of halogens is 1. The molecule has 0 radical (unpaired) electrons. The highest BCUT2D eigenvalue weighted by Gasteiger charge is 2.29. The molecule has 2 aliphatic rings. The number of carbonyl (C=O) groups is 1. The average molecular weight is 288 g/mol. The lowest BCUT2D eigenvalue weighted by Gasteiger charge is -2.28. The summed E-state index contributed by atoms with van der Waals surface area (Å²) < 4.78 is 19.3. The molecule has 0 spiro atoms. The first-order valence-corrected chi connectivity index (χ1v) is 6.95. The summed E-state index contributed by atoms with van der Waals surface area (Å²) in [5, 5.41) is 0. The molecule has 1 aromatic rings. The Bertz CT molecular complexity index is 664. The smallest absolute Gasteiger partial charge is 0.219 e. The van der Waals surface area contributed by atoms with Gasteiger partial charge in [-0.05, 0) is 35.8 Å². The van der Waals surface area contributed by atoms with Crippen molar-refractivity contribution in [3.8, 4) is 5.75 Å². The van der Waals surface area contributed by atoms with E-state index in [0.29, 0.717) is 30.1 Å². The zero-order valence-electron chi connectivity index (χ0n) is 12.1. The van der Waals surface area contributed by atoms with Gasteiger partial charge in [0.2, 0.25) is 5.91 Å². The molecule has 0 saturated heterocycles. The summed E-state index contributed by atoms with van der Waals surface area (Å²) >= 11 is 0. The minimum absolute atomic E-state index is 0.0407. The van der Waals surface area contributed by atoms with E-state index in [-0.39, 0.29) is 11.7 Å². The molecule has 3 rings (SSSR count). The molecule has 2 heterocycles. The third-order valence-electron chi connectivity index (χ3n) is 4.05. The Morgan fingerprint density at radius 2 is 2.24 bits per heavy atom. The van der Waals surface area contributed by atoms with E-state index in [1.165, 1.54) is 11.6 Å². The number of amides is 1. The molecule has 0 fully saturated rings. The van der Waals surface area contributed by atoms with Crippen LogP contribution in [-0.2, 0) is 4.79 Å². The summed E-state index contributed by atoms with van der Waals surface area (Å²) in [6.45, 7) is 3.40. The predicted molar refractivity (Wildman–Crippen MR) is 78.3 cm³/mol. The molecule has 1 aromatic carbocycles. The molecule has 2 aliphatic heterocycles. The molecule has 0 aliphatic carbocycles. The quantitative estimate of drug-likeness (QED) is 0.837. The average Bonchev–Trinajstić information content (AvgIpc) is 2.90. The van der Waals surface area contributed by atoms with Crippen molar-refractivity contribution in [1.82, 2.24) is 4.90 Å². The van der Waals surface area contributed by atoms with Crippen LogP contribution in [0.4, 0.5) is 4.39 Å². The van der Waals surface area contributed by atoms with Gasteiger partial charge in [-0.2, -0.15) is 0 Å². The van der Waals surface area contributed by atoms with Crippen LogP contribution in [0.15, 0.2) is 34.3 Å². The van der Waals surface area contributed by atoms with E-state index in [1.54, 1.807) is 31.1 Å². The van der Waals surface area contributed by atoms with Gasteiger partial charge in [-0.15, -0.1) is 0 Å². The van der Waals surface area contributed by atoms with Crippen LogP contribution in [0.2, 0.25) is 0 Å². The van der Waals surface area contributed by atoms with Crippen LogP contribution in [-0.4, -0.2) is 43.3 Å². The fourth-order valence-corrected chi connectivity index (χ4v) is 2.82. The second kappa shape index (κ2) is 5.31. The highest BCUT2D eigenvalue weighted by Crippen LogP contribution is 2.29. The van der Waals surface area contributed by atoms with Gasteiger partial charge in [0.15, 0.2) is 0 Å². The van der Waals surface area contributed by atoms with Crippen molar-refractivity contribution in [1.29, 1.82) is 0 Å². The van der Waals surface area contributed by atoms with Gasteiger partial charge in [0.1, 0.15) is 11.6 Å². The third kappa shape index (κ3) is 2.44. The summed E-state index contributed by atoms with van der Waals surface area (Å²) in [6.07, 6.45) is 0.813. The number of aliphatic imine (C=N–C) groups is 1. The van der Waals surface area contributed by atoms with Gasteiger partial charge >= 0.3 is 0 Å². The maximum atomic E-state index is 14.1. The van der Waals surface area contributed by atoms with E-state index in [9.17, 15) is 9.18 Å². The second-order valence-corrected chi connectivity index (χ2v) is 5.28. The first kappa shape index (κ1) is 13.8. The Labute approximate surface area is 122 Å². The minimum Gasteiger partial charge on any atom is -0.497 e. The fourth-order valence-electron chi connectivity index (χ4n) is 2.82. The predicted octanol–water partition coefficient (Wildman–Crippen LogP) is 2.19. The lowest BCUT2D eigenvalue weighted by Crippen LogP contribution is -2.36. The van der Waals surface area contributed by atoms with Gasteiger partial charge in [-0.3, -0.25) is 9.79 Å². The first-order chi connectivity index (χ1) is 10.1. The second-order valence-electron chi connectivity index (χ2n) is 5.28. The van der Waals surface area contributed by atoms with Crippen molar-refractivity contribution < 1.29 is 13.9 Å². The van der Waals surface area contributed by atoms with Crippen LogP contribution in [0.25, 0.3) is 0 Å². The van der Waals surface area contributed by atoms with Crippen molar-refractivity contribution in [3.63, 3.8) is 0 Å². The van der Waals surface area contributed by atoms with Crippen LogP contribution in [0.1, 0.15) is 18.9 Å². The standard InChI is InChI=1S/C16H17FN2O2/c1-10(20)19-6-5-11-8-18-16(14(11)9-19)13-7-12(21-2)3-4-15(13)17/h3-4,7H,5-6,8-9H2,1-2H3. The van der Waals surface area contributed by atoms with Gasteiger partial charge in [0.05, 0.1) is 19.4 Å². The minimum atomic E-state index is -0.316. The van der Waals surface area contributed by atoms with Gasteiger partial charge in [0.25, 0.3) is 0 Å². The van der Waals surface area contributed by atoms with Gasteiger partial charge in [-0.1, -0.05) is 0 Å². The molecule has 1 amide bonds. The number of ether oxygens (including phenoxy) is 1. The molecule has 21 heavy (non-hydrogen) atoms. The molecular formula is C16H17FN2O2. The van der Waals surface area contributed by atoms with Crippen LogP contribution < -0.4 is 4.74 Å². The van der Waals surface area contributed by atoms with E-state index in [0.717, 1.165) is 18.5 Å². The topological polar surface area (TPSA) is 41.9 Å². The summed E-state index contributed by atoms with van der Waals surface area (Å²) in [5.74, 6) is 0.324. The zero-order chi connectivity index (χ0) is 15.0. The molecule has 0 unspecified atom stereocenters. The number of methoxy groups -OCH3 is 1. The summed E-state index contributed by atoms with van der Waals surface area (Å²) in [6, 6.07) is 4.64. The summed E-state index contributed by atoms with van der Waals surface area (Å²) in [4.78, 5) is 17.8. The molecule has 0 aromatic heterocycles. The lowest BCUT2D eigenvalue weighted by molar-refractivity contribution is -0.128. The van der Waals surface area contributed by atoms with Crippen LogP contribution in [0.5, 0.6) is 5.75 Å². The maximum absolute atomic E-state index is 14.1. The van der Waals surface area contributed by atoms with Gasteiger partial charge in [0, 0.05) is 25.6 Å². The molecule has 0 N–H and O–H groups in total. The van der Waals surface area contributed by atoms with Crippen LogP contribution in [0, 0.1) is 5.82 Å². The van der Waals surface area contributed by atoms with Crippen molar-refractivity contribution in [3.05, 3.63) is 40.7 Å².